The van der Waals surface area contributed by atoms with Crippen LogP contribution in [-0.2, 0) is 14.3 Å². The molecule has 1 aliphatic rings. The largest absolute Gasteiger partial charge is 0.381 e. The van der Waals surface area contributed by atoms with E-state index in [1.54, 1.807) is 0 Å². The Labute approximate surface area is 101 Å². The summed E-state index contributed by atoms with van der Waals surface area (Å²) in [6.07, 6.45) is 1.89. The van der Waals surface area contributed by atoms with E-state index in [2.05, 4.69) is 17.6 Å². The van der Waals surface area contributed by atoms with Crippen LogP contribution in [-0.4, -0.2) is 44.7 Å². The molecule has 4 N–H and O–H groups in total. The number of hydrogen-bond donors (Lipinski definition) is 3. The number of rotatable bonds is 5. The van der Waals surface area contributed by atoms with Gasteiger partial charge in [0.25, 0.3) is 0 Å². The lowest BCUT2D eigenvalue weighted by Gasteiger charge is -2.33. The number of nitrogens with one attached hydrogen (secondary N) is 2. The lowest BCUT2D eigenvalue weighted by Crippen LogP contribution is -2.44. The Morgan fingerprint density at radius 2 is 1.88 bits per heavy atom. The molecule has 2 amide bonds. The van der Waals surface area contributed by atoms with Gasteiger partial charge in [-0.3, -0.25) is 9.59 Å². The molecule has 0 radical (unpaired) electrons. The highest BCUT2D eigenvalue weighted by Crippen LogP contribution is 2.28. The van der Waals surface area contributed by atoms with E-state index in [0.29, 0.717) is 6.54 Å². The number of carbonyl (C=O) groups excluding carboxylic acids is 2. The van der Waals surface area contributed by atoms with Crippen molar-refractivity contribution in [2.45, 2.75) is 19.8 Å². The van der Waals surface area contributed by atoms with Gasteiger partial charge in [-0.2, -0.15) is 0 Å². The first-order valence-corrected chi connectivity index (χ1v) is 5.87. The average Bonchev–Trinajstić information content (AvgIpc) is 2.34. The maximum atomic E-state index is 11.5. The van der Waals surface area contributed by atoms with Crippen molar-refractivity contribution < 1.29 is 14.3 Å². The van der Waals surface area contributed by atoms with Crippen LogP contribution in [0.2, 0.25) is 0 Å². The summed E-state index contributed by atoms with van der Waals surface area (Å²) in [5.74, 6) is -0.503. The van der Waals surface area contributed by atoms with E-state index in [4.69, 9.17) is 10.5 Å². The predicted molar refractivity (Wildman–Crippen MR) is 63.2 cm³/mol. The Kier molecular flexibility index (Phi) is 5.37. The van der Waals surface area contributed by atoms with Crippen LogP contribution in [0.15, 0.2) is 0 Å². The van der Waals surface area contributed by atoms with Gasteiger partial charge in [-0.15, -0.1) is 0 Å². The van der Waals surface area contributed by atoms with Gasteiger partial charge in [0.2, 0.25) is 11.8 Å². The highest BCUT2D eigenvalue weighted by molar-refractivity contribution is 5.85. The molecule has 1 fully saturated rings. The third kappa shape index (κ3) is 5.14. The Morgan fingerprint density at radius 1 is 1.24 bits per heavy atom. The fourth-order valence-corrected chi connectivity index (χ4v) is 1.67. The molecule has 0 aromatic carbocycles. The molecule has 17 heavy (non-hydrogen) atoms. The van der Waals surface area contributed by atoms with Crippen molar-refractivity contribution in [1.29, 1.82) is 0 Å². The van der Waals surface area contributed by atoms with Crippen LogP contribution >= 0.6 is 0 Å². The van der Waals surface area contributed by atoms with Gasteiger partial charge in [-0.05, 0) is 18.3 Å². The molecule has 98 valence electrons. The van der Waals surface area contributed by atoms with Gasteiger partial charge in [0, 0.05) is 19.8 Å². The van der Waals surface area contributed by atoms with E-state index in [1.807, 2.05) is 0 Å². The molecule has 0 saturated carbocycles. The second-order valence-corrected chi connectivity index (χ2v) is 4.68. The smallest absolute Gasteiger partial charge is 0.239 e. The summed E-state index contributed by atoms with van der Waals surface area (Å²) in [6.45, 7) is 4.14. The summed E-state index contributed by atoms with van der Waals surface area (Å²) < 4.78 is 5.28. The SMILES string of the molecule is CC1(CNC(=O)CNC(=O)CN)CCOCC1. The number of ether oxygens (including phenoxy) is 1. The molecular formula is C11H21N3O3. The minimum atomic E-state index is -0.322. The topological polar surface area (TPSA) is 93.5 Å². The van der Waals surface area contributed by atoms with Crippen molar-refractivity contribution in [2.24, 2.45) is 11.1 Å². The van der Waals surface area contributed by atoms with E-state index in [1.165, 1.54) is 0 Å². The molecule has 1 saturated heterocycles. The average molecular weight is 243 g/mol. The fraction of sp³-hybridized carbons (Fsp3) is 0.818. The molecular weight excluding hydrogens is 222 g/mol. The Morgan fingerprint density at radius 3 is 2.47 bits per heavy atom. The minimum absolute atomic E-state index is 0.0113. The lowest BCUT2D eigenvalue weighted by atomic mass is 9.82. The first-order chi connectivity index (χ1) is 8.06. The molecule has 0 unspecified atom stereocenters. The van der Waals surface area contributed by atoms with Gasteiger partial charge in [0.1, 0.15) is 0 Å². The van der Waals surface area contributed by atoms with Crippen molar-refractivity contribution in [1.82, 2.24) is 10.6 Å². The van der Waals surface area contributed by atoms with Crippen molar-refractivity contribution in [2.75, 3.05) is 32.8 Å². The van der Waals surface area contributed by atoms with Crippen LogP contribution in [0.5, 0.6) is 0 Å². The molecule has 0 aromatic heterocycles. The van der Waals surface area contributed by atoms with Gasteiger partial charge in [-0.25, -0.2) is 0 Å². The van der Waals surface area contributed by atoms with E-state index in [9.17, 15) is 9.59 Å². The van der Waals surface area contributed by atoms with Gasteiger partial charge in [-0.1, -0.05) is 6.92 Å². The van der Waals surface area contributed by atoms with Crippen LogP contribution in [0.1, 0.15) is 19.8 Å². The van der Waals surface area contributed by atoms with Crippen LogP contribution < -0.4 is 16.4 Å². The molecule has 0 bridgehead atoms. The quantitative estimate of drug-likeness (QED) is 0.577. The molecule has 1 heterocycles. The van der Waals surface area contributed by atoms with E-state index in [-0.39, 0.29) is 30.3 Å². The summed E-state index contributed by atoms with van der Waals surface area (Å²) in [6, 6.07) is 0. The summed E-state index contributed by atoms with van der Waals surface area (Å²) in [7, 11) is 0. The Hall–Kier alpha value is -1.14. The van der Waals surface area contributed by atoms with Crippen molar-refractivity contribution >= 4 is 11.8 Å². The highest BCUT2D eigenvalue weighted by atomic mass is 16.5. The number of carbonyl (C=O) groups is 2. The van der Waals surface area contributed by atoms with Gasteiger partial charge >= 0.3 is 0 Å². The second-order valence-electron chi connectivity index (χ2n) is 4.68. The van der Waals surface area contributed by atoms with Crippen molar-refractivity contribution in [3.05, 3.63) is 0 Å². The molecule has 0 atom stereocenters. The summed E-state index contributed by atoms with van der Waals surface area (Å²) in [5, 5.41) is 5.25. The molecule has 1 aliphatic heterocycles. The van der Waals surface area contributed by atoms with Crippen molar-refractivity contribution in [3.63, 3.8) is 0 Å². The van der Waals surface area contributed by atoms with Crippen LogP contribution in [0.25, 0.3) is 0 Å². The molecule has 0 aliphatic carbocycles. The standard InChI is InChI=1S/C11H21N3O3/c1-11(2-4-17-5-3-11)8-14-10(16)7-13-9(15)6-12/h2-8,12H2,1H3,(H,13,15)(H,14,16). The Balaban J connectivity index is 2.20. The third-order valence-corrected chi connectivity index (χ3v) is 3.04. The first-order valence-electron chi connectivity index (χ1n) is 5.87. The van der Waals surface area contributed by atoms with E-state index in [0.717, 1.165) is 26.1 Å². The first kappa shape index (κ1) is 13.9. The van der Waals surface area contributed by atoms with Gasteiger partial charge in [0.15, 0.2) is 0 Å². The maximum absolute atomic E-state index is 11.5. The van der Waals surface area contributed by atoms with E-state index < -0.39 is 0 Å². The number of amides is 2. The summed E-state index contributed by atoms with van der Waals surface area (Å²) >= 11 is 0. The number of nitrogens with two attached hydrogens (primary N) is 1. The van der Waals surface area contributed by atoms with Gasteiger partial charge < -0.3 is 21.1 Å². The van der Waals surface area contributed by atoms with Crippen LogP contribution in [0.4, 0.5) is 0 Å². The second kappa shape index (κ2) is 6.56. The molecule has 1 rings (SSSR count). The zero-order valence-electron chi connectivity index (χ0n) is 10.3. The maximum Gasteiger partial charge on any atom is 0.239 e. The molecule has 6 heteroatoms. The summed E-state index contributed by atoms with van der Waals surface area (Å²) in [4.78, 5) is 22.3. The molecule has 6 nitrogen and oxygen atoms in total. The van der Waals surface area contributed by atoms with E-state index >= 15 is 0 Å². The Bertz CT molecular complexity index is 275. The van der Waals surface area contributed by atoms with Crippen LogP contribution in [0, 0.1) is 5.41 Å². The highest BCUT2D eigenvalue weighted by Gasteiger charge is 2.27. The van der Waals surface area contributed by atoms with Gasteiger partial charge in [0.05, 0.1) is 13.1 Å². The van der Waals surface area contributed by atoms with Crippen molar-refractivity contribution in [3.8, 4) is 0 Å². The third-order valence-electron chi connectivity index (χ3n) is 3.04. The lowest BCUT2D eigenvalue weighted by molar-refractivity contribution is -0.125. The minimum Gasteiger partial charge on any atom is -0.381 e. The summed E-state index contributed by atoms with van der Waals surface area (Å²) in [5.41, 5.74) is 5.22. The fourth-order valence-electron chi connectivity index (χ4n) is 1.67. The zero-order valence-corrected chi connectivity index (χ0v) is 10.3. The molecule has 0 spiro atoms. The zero-order chi connectivity index (χ0) is 12.7. The monoisotopic (exact) mass is 243 g/mol. The molecule has 0 aromatic rings. The normalized spacial score (nSPS) is 18.5. The number of hydrogen-bond acceptors (Lipinski definition) is 4. The predicted octanol–water partition coefficient (Wildman–Crippen LogP) is -1.01. The van der Waals surface area contributed by atoms with Crippen LogP contribution in [0.3, 0.4) is 0 Å².